The lowest BCUT2D eigenvalue weighted by molar-refractivity contribution is -0.138. The van der Waals surface area contributed by atoms with E-state index in [1.807, 2.05) is 5.32 Å². The van der Waals surface area contributed by atoms with Crippen LogP contribution in [0.5, 0.6) is 0 Å². The van der Waals surface area contributed by atoms with Crippen molar-refractivity contribution in [2.45, 2.75) is 18.6 Å². The van der Waals surface area contributed by atoms with Gasteiger partial charge in [0.25, 0.3) is 0 Å². The number of halogens is 3. The van der Waals surface area contributed by atoms with Crippen LogP contribution in [0.1, 0.15) is 23.6 Å². The molecule has 1 aromatic rings. The molecular formula is C11H12F3NO3. The summed E-state index contributed by atoms with van der Waals surface area (Å²) in [4.78, 5) is 10.5. The molecule has 0 spiro atoms. The highest BCUT2D eigenvalue weighted by molar-refractivity contribution is 5.65. The zero-order chi connectivity index (χ0) is 13.8. The van der Waals surface area contributed by atoms with Gasteiger partial charge in [-0.25, -0.2) is 4.79 Å². The molecule has 4 nitrogen and oxygen atoms in total. The van der Waals surface area contributed by atoms with Crippen LogP contribution in [0.15, 0.2) is 24.3 Å². The summed E-state index contributed by atoms with van der Waals surface area (Å²) >= 11 is 0. The van der Waals surface area contributed by atoms with E-state index in [1.165, 1.54) is 18.2 Å². The number of hydrogen-bond donors (Lipinski definition) is 3. The van der Waals surface area contributed by atoms with E-state index in [0.717, 1.165) is 6.07 Å². The molecule has 0 saturated carbocycles. The second-order valence-corrected chi connectivity index (χ2v) is 3.60. The van der Waals surface area contributed by atoms with Crippen molar-refractivity contribution in [3.63, 3.8) is 0 Å². The predicted octanol–water partition coefficient (Wildman–Crippen LogP) is 2.40. The van der Waals surface area contributed by atoms with Crippen LogP contribution in [-0.4, -0.2) is 22.9 Å². The molecular weight excluding hydrogens is 251 g/mol. The third-order valence-electron chi connectivity index (χ3n) is 2.36. The Bertz CT molecular complexity index is 420. The van der Waals surface area contributed by atoms with E-state index in [-0.39, 0.29) is 12.0 Å². The lowest BCUT2D eigenvalue weighted by Crippen LogP contribution is -2.29. The van der Waals surface area contributed by atoms with Crippen LogP contribution in [0.3, 0.4) is 0 Å². The first-order chi connectivity index (χ1) is 8.36. The number of aliphatic hydroxyl groups excluding tert-OH is 1. The molecule has 0 aliphatic rings. The molecule has 0 aliphatic heterocycles. The van der Waals surface area contributed by atoms with Crippen molar-refractivity contribution in [2.24, 2.45) is 0 Å². The summed E-state index contributed by atoms with van der Waals surface area (Å²) in [5.41, 5.74) is -1.10. The maximum atomic E-state index is 12.7. The van der Waals surface area contributed by atoms with Crippen molar-refractivity contribution in [3.05, 3.63) is 35.4 Å². The lowest BCUT2D eigenvalue weighted by atomic mass is 9.98. The van der Waals surface area contributed by atoms with Gasteiger partial charge in [0.1, 0.15) is 0 Å². The Balaban J connectivity index is 3.15. The molecule has 100 valence electrons. The fourth-order valence-corrected chi connectivity index (χ4v) is 1.64. The average Bonchev–Trinajstić information content (AvgIpc) is 2.27. The highest BCUT2D eigenvalue weighted by Gasteiger charge is 2.35. The Labute approximate surface area is 101 Å². The van der Waals surface area contributed by atoms with Crippen molar-refractivity contribution in [2.75, 3.05) is 6.61 Å². The standard InChI is InChI=1S/C11H12F3NO3/c12-11(13,14)8-4-2-1-3-7(8)9(5-6-16)15-10(17)18/h1-4,9,15-16H,5-6H2,(H,17,18)/t9-/m0/s1. The normalized spacial score (nSPS) is 13.1. The number of benzene rings is 1. The maximum absolute atomic E-state index is 12.7. The number of nitrogens with one attached hydrogen (secondary N) is 1. The van der Waals surface area contributed by atoms with E-state index in [2.05, 4.69) is 0 Å². The van der Waals surface area contributed by atoms with Gasteiger partial charge in [-0.3, -0.25) is 0 Å². The molecule has 0 bridgehead atoms. The van der Waals surface area contributed by atoms with Crippen molar-refractivity contribution in [3.8, 4) is 0 Å². The second kappa shape index (κ2) is 5.72. The van der Waals surface area contributed by atoms with Crippen molar-refractivity contribution >= 4 is 6.09 Å². The van der Waals surface area contributed by atoms with Gasteiger partial charge in [0.15, 0.2) is 0 Å². The molecule has 7 heteroatoms. The van der Waals surface area contributed by atoms with Gasteiger partial charge in [0.2, 0.25) is 0 Å². The van der Waals surface area contributed by atoms with Crippen LogP contribution in [0.2, 0.25) is 0 Å². The molecule has 1 rings (SSSR count). The van der Waals surface area contributed by atoms with Crippen LogP contribution in [0.25, 0.3) is 0 Å². The Morgan fingerprint density at radius 1 is 1.33 bits per heavy atom. The third-order valence-corrected chi connectivity index (χ3v) is 2.36. The van der Waals surface area contributed by atoms with E-state index < -0.39 is 30.5 Å². The predicted molar refractivity (Wildman–Crippen MR) is 57.0 cm³/mol. The molecule has 0 unspecified atom stereocenters. The van der Waals surface area contributed by atoms with Gasteiger partial charge in [-0.15, -0.1) is 0 Å². The van der Waals surface area contributed by atoms with Gasteiger partial charge in [0.05, 0.1) is 11.6 Å². The summed E-state index contributed by atoms with van der Waals surface area (Å²) in [5, 5.41) is 19.3. The van der Waals surface area contributed by atoms with Gasteiger partial charge in [-0.2, -0.15) is 13.2 Å². The number of alkyl halides is 3. The molecule has 0 saturated heterocycles. The van der Waals surface area contributed by atoms with E-state index in [9.17, 15) is 18.0 Å². The Hall–Kier alpha value is -1.76. The number of carbonyl (C=O) groups is 1. The summed E-state index contributed by atoms with van der Waals surface area (Å²) in [6.07, 6.45) is -6.13. The molecule has 0 aliphatic carbocycles. The summed E-state index contributed by atoms with van der Waals surface area (Å²) in [7, 11) is 0. The van der Waals surface area contributed by atoms with E-state index in [1.54, 1.807) is 0 Å². The molecule has 3 N–H and O–H groups in total. The summed E-state index contributed by atoms with van der Waals surface area (Å²) in [6, 6.07) is 3.59. The quantitative estimate of drug-likeness (QED) is 0.781. The summed E-state index contributed by atoms with van der Waals surface area (Å²) in [6.45, 7) is -0.420. The average molecular weight is 263 g/mol. The van der Waals surface area contributed by atoms with E-state index in [0.29, 0.717) is 0 Å². The van der Waals surface area contributed by atoms with Gasteiger partial charge >= 0.3 is 12.3 Å². The maximum Gasteiger partial charge on any atom is 0.416 e. The van der Waals surface area contributed by atoms with Crippen LogP contribution in [0, 0.1) is 0 Å². The smallest absolute Gasteiger partial charge is 0.416 e. The van der Waals surface area contributed by atoms with Crippen molar-refractivity contribution in [1.82, 2.24) is 5.32 Å². The van der Waals surface area contributed by atoms with Crippen LogP contribution >= 0.6 is 0 Å². The Morgan fingerprint density at radius 2 is 1.94 bits per heavy atom. The number of aliphatic hydroxyl groups is 1. The number of carboxylic acid groups (broad SMARTS) is 1. The largest absolute Gasteiger partial charge is 0.465 e. The topological polar surface area (TPSA) is 69.6 Å². The minimum atomic E-state index is -4.56. The molecule has 0 fully saturated rings. The molecule has 1 atom stereocenters. The lowest BCUT2D eigenvalue weighted by Gasteiger charge is -2.20. The van der Waals surface area contributed by atoms with Crippen LogP contribution in [0.4, 0.5) is 18.0 Å². The first-order valence-corrected chi connectivity index (χ1v) is 5.12. The Kier molecular flexibility index (Phi) is 4.55. The monoisotopic (exact) mass is 263 g/mol. The number of rotatable bonds is 4. The molecule has 0 heterocycles. The number of hydrogen-bond acceptors (Lipinski definition) is 2. The van der Waals surface area contributed by atoms with Crippen molar-refractivity contribution in [1.29, 1.82) is 0 Å². The van der Waals surface area contributed by atoms with Gasteiger partial charge < -0.3 is 15.5 Å². The third kappa shape index (κ3) is 3.63. The highest BCUT2D eigenvalue weighted by Crippen LogP contribution is 2.35. The number of amides is 1. The van der Waals surface area contributed by atoms with E-state index >= 15 is 0 Å². The fourth-order valence-electron chi connectivity index (χ4n) is 1.64. The molecule has 0 aromatic heterocycles. The molecule has 18 heavy (non-hydrogen) atoms. The van der Waals surface area contributed by atoms with Crippen LogP contribution < -0.4 is 5.32 Å². The zero-order valence-electron chi connectivity index (χ0n) is 9.24. The summed E-state index contributed by atoms with van der Waals surface area (Å²) in [5.74, 6) is 0. The first kappa shape index (κ1) is 14.3. The van der Waals surface area contributed by atoms with Gasteiger partial charge in [-0.05, 0) is 18.1 Å². The molecule has 1 amide bonds. The summed E-state index contributed by atoms with van der Waals surface area (Å²) < 4.78 is 38.2. The zero-order valence-corrected chi connectivity index (χ0v) is 9.24. The SMILES string of the molecule is O=C(O)N[C@@H](CCO)c1ccccc1C(F)(F)F. The highest BCUT2D eigenvalue weighted by atomic mass is 19.4. The first-order valence-electron chi connectivity index (χ1n) is 5.12. The van der Waals surface area contributed by atoms with Gasteiger partial charge in [0, 0.05) is 6.61 Å². The van der Waals surface area contributed by atoms with Crippen LogP contribution in [-0.2, 0) is 6.18 Å². The van der Waals surface area contributed by atoms with Gasteiger partial charge in [-0.1, -0.05) is 18.2 Å². The minimum Gasteiger partial charge on any atom is -0.465 e. The van der Waals surface area contributed by atoms with Crippen molar-refractivity contribution < 1.29 is 28.2 Å². The Morgan fingerprint density at radius 3 is 2.44 bits per heavy atom. The second-order valence-electron chi connectivity index (χ2n) is 3.60. The minimum absolute atomic E-state index is 0.126. The van der Waals surface area contributed by atoms with E-state index in [4.69, 9.17) is 10.2 Å². The fraction of sp³-hybridized carbons (Fsp3) is 0.364. The molecule has 1 aromatic carbocycles. The molecule has 0 radical (unpaired) electrons.